The number of ketones is 1. The van der Waals surface area contributed by atoms with Gasteiger partial charge in [0.05, 0.1) is 27.2 Å². The molecular weight excluding hydrogens is 294 g/mol. The highest BCUT2D eigenvalue weighted by atomic mass is 16.5. The van der Waals surface area contributed by atoms with Crippen molar-refractivity contribution in [1.29, 1.82) is 0 Å². The van der Waals surface area contributed by atoms with Crippen LogP contribution in [0.5, 0.6) is 11.5 Å². The zero-order valence-electron chi connectivity index (χ0n) is 13.2. The maximum absolute atomic E-state index is 12.0. The molecule has 0 heterocycles. The molecule has 0 aromatic heterocycles. The SMILES string of the molecule is COc1ccc(CC(=O)NCC(=O)c2ccccc2)cc1OC. The minimum absolute atomic E-state index is 0.0177. The van der Waals surface area contributed by atoms with E-state index in [9.17, 15) is 9.59 Å². The van der Waals surface area contributed by atoms with E-state index in [2.05, 4.69) is 5.32 Å². The van der Waals surface area contributed by atoms with E-state index in [-0.39, 0.29) is 24.7 Å². The summed E-state index contributed by atoms with van der Waals surface area (Å²) in [4.78, 5) is 23.9. The summed E-state index contributed by atoms with van der Waals surface area (Å²) in [6, 6.07) is 14.2. The minimum atomic E-state index is -0.221. The van der Waals surface area contributed by atoms with E-state index >= 15 is 0 Å². The molecule has 2 rings (SSSR count). The van der Waals surface area contributed by atoms with Gasteiger partial charge in [0.2, 0.25) is 5.91 Å². The number of hydrogen-bond acceptors (Lipinski definition) is 4. The van der Waals surface area contributed by atoms with Gasteiger partial charge in [-0.05, 0) is 17.7 Å². The first kappa shape index (κ1) is 16.5. The van der Waals surface area contributed by atoms with Gasteiger partial charge < -0.3 is 14.8 Å². The van der Waals surface area contributed by atoms with Crippen molar-refractivity contribution in [3.8, 4) is 11.5 Å². The first-order valence-corrected chi connectivity index (χ1v) is 7.20. The third-order valence-corrected chi connectivity index (χ3v) is 3.35. The van der Waals surface area contributed by atoms with Crippen LogP contribution in [0.4, 0.5) is 0 Å². The first-order chi connectivity index (χ1) is 11.1. The third-order valence-electron chi connectivity index (χ3n) is 3.35. The Kier molecular flexibility index (Phi) is 5.74. The lowest BCUT2D eigenvalue weighted by molar-refractivity contribution is -0.120. The third kappa shape index (κ3) is 4.57. The summed E-state index contributed by atoms with van der Waals surface area (Å²) in [6.07, 6.45) is 0.169. The predicted octanol–water partition coefficient (Wildman–Crippen LogP) is 2.25. The van der Waals surface area contributed by atoms with Crippen LogP contribution in [-0.2, 0) is 11.2 Å². The Hall–Kier alpha value is -2.82. The van der Waals surface area contributed by atoms with Crippen molar-refractivity contribution in [3.63, 3.8) is 0 Å². The first-order valence-electron chi connectivity index (χ1n) is 7.20. The van der Waals surface area contributed by atoms with Gasteiger partial charge in [-0.2, -0.15) is 0 Å². The van der Waals surface area contributed by atoms with Gasteiger partial charge in [0.25, 0.3) is 0 Å². The number of nitrogens with one attached hydrogen (secondary N) is 1. The molecule has 2 aromatic rings. The molecule has 1 N–H and O–H groups in total. The van der Waals surface area contributed by atoms with Crippen LogP contribution >= 0.6 is 0 Å². The molecule has 0 fully saturated rings. The Morgan fingerprint density at radius 1 is 0.957 bits per heavy atom. The van der Waals surface area contributed by atoms with Gasteiger partial charge in [-0.1, -0.05) is 36.4 Å². The van der Waals surface area contributed by atoms with Crippen molar-refractivity contribution >= 4 is 11.7 Å². The number of Topliss-reactive ketones (excluding diaryl/α,β-unsaturated/α-hetero) is 1. The Morgan fingerprint density at radius 3 is 2.30 bits per heavy atom. The van der Waals surface area contributed by atoms with Crippen LogP contribution in [0.2, 0.25) is 0 Å². The maximum atomic E-state index is 12.0. The lowest BCUT2D eigenvalue weighted by atomic mass is 10.1. The molecule has 0 spiro atoms. The van der Waals surface area contributed by atoms with E-state index in [0.29, 0.717) is 17.1 Å². The fourth-order valence-electron chi connectivity index (χ4n) is 2.14. The van der Waals surface area contributed by atoms with Crippen LogP contribution in [0.15, 0.2) is 48.5 Å². The van der Waals surface area contributed by atoms with Crippen molar-refractivity contribution in [1.82, 2.24) is 5.32 Å². The lowest BCUT2D eigenvalue weighted by Crippen LogP contribution is -2.30. The zero-order chi connectivity index (χ0) is 16.7. The molecule has 5 heteroatoms. The van der Waals surface area contributed by atoms with Crippen LogP contribution in [0.1, 0.15) is 15.9 Å². The van der Waals surface area contributed by atoms with Gasteiger partial charge in [-0.3, -0.25) is 9.59 Å². The molecule has 1 amide bonds. The van der Waals surface area contributed by atoms with Gasteiger partial charge in [-0.15, -0.1) is 0 Å². The number of rotatable bonds is 7. The molecular formula is C18H19NO4. The standard InChI is InChI=1S/C18H19NO4/c1-22-16-9-8-13(10-17(16)23-2)11-18(21)19-12-15(20)14-6-4-3-5-7-14/h3-10H,11-12H2,1-2H3,(H,19,21). The molecule has 23 heavy (non-hydrogen) atoms. The van der Waals surface area contributed by atoms with Gasteiger partial charge >= 0.3 is 0 Å². The number of hydrogen-bond donors (Lipinski definition) is 1. The molecule has 0 bridgehead atoms. The molecule has 0 aliphatic heterocycles. The second-order valence-electron chi connectivity index (χ2n) is 4.93. The fourth-order valence-corrected chi connectivity index (χ4v) is 2.14. The Bertz CT molecular complexity index is 683. The van der Waals surface area contributed by atoms with E-state index < -0.39 is 0 Å². The van der Waals surface area contributed by atoms with E-state index in [0.717, 1.165) is 5.56 Å². The molecule has 0 aliphatic rings. The Morgan fingerprint density at radius 2 is 1.65 bits per heavy atom. The normalized spacial score (nSPS) is 10.0. The van der Waals surface area contributed by atoms with E-state index in [4.69, 9.17) is 9.47 Å². The Balaban J connectivity index is 1.91. The highest BCUT2D eigenvalue weighted by Gasteiger charge is 2.10. The van der Waals surface area contributed by atoms with Crippen molar-refractivity contribution < 1.29 is 19.1 Å². The quantitative estimate of drug-likeness (QED) is 0.796. The van der Waals surface area contributed by atoms with Gasteiger partial charge in [-0.25, -0.2) is 0 Å². The van der Waals surface area contributed by atoms with E-state index in [1.54, 1.807) is 56.7 Å². The highest BCUT2D eigenvalue weighted by Crippen LogP contribution is 2.27. The predicted molar refractivity (Wildman–Crippen MR) is 87.0 cm³/mol. The van der Waals surface area contributed by atoms with Crippen LogP contribution in [-0.4, -0.2) is 32.5 Å². The summed E-state index contributed by atoms with van der Waals surface area (Å²) in [5.74, 6) is 0.835. The average Bonchev–Trinajstić information content (AvgIpc) is 2.60. The van der Waals surface area contributed by atoms with Crippen LogP contribution in [0.25, 0.3) is 0 Å². The number of methoxy groups -OCH3 is 2. The highest BCUT2D eigenvalue weighted by molar-refractivity contribution is 5.99. The number of carbonyl (C=O) groups excluding carboxylic acids is 2. The van der Waals surface area contributed by atoms with Gasteiger partial charge in [0.1, 0.15) is 0 Å². The smallest absolute Gasteiger partial charge is 0.224 e. The summed E-state index contributed by atoms with van der Waals surface area (Å²) in [7, 11) is 3.10. The topological polar surface area (TPSA) is 64.6 Å². The summed E-state index contributed by atoms with van der Waals surface area (Å²) < 4.78 is 10.4. The van der Waals surface area contributed by atoms with E-state index in [1.165, 1.54) is 0 Å². The number of benzene rings is 2. The fraction of sp³-hybridized carbons (Fsp3) is 0.222. The monoisotopic (exact) mass is 313 g/mol. The zero-order valence-corrected chi connectivity index (χ0v) is 13.2. The molecule has 0 aliphatic carbocycles. The molecule has 0 saturated heterocycles. The molecule has 5 nitrogen and oxygen atoms in total. The molecule has 120 valence electrons. The van der Waals surface area contributed by atoms with Gasteiger partial charge in [0.15, 0.2) is 17.3 Å². The summed E-state index contributed by atoms with van der Waals surface area (Å²) in [6.45, 7) is -0.0177. The van der Waals surface area contributed by atoms with Gasteiger partial charge in [0, 0.05) is 5.56 Å². The maximum Gasteiger partial charge on any atom is 0.224 e. The molecule has 0 atom stereocenters. The van der Waals surface area contributed by atoms with Crippen LogP contribution in [0, 0.1) is 0 Å². The summed E-state index contributed by atoms with van der Waals surface area (Å²) in [5.41, 5.74) is 1.37. The lowest BCUT2D eigenvalue weighted by Gasteiger charge is -2.09. The van der Waals surface area contributed by atoms with E-state index in [1.807, 2.05) is 6.07 Å². The summed E-state index contributed by atoms with van der Waals surface area (Å²) in [5, 5.41) is 2.63. The van der Waals surface area contributed by atoms with Crippen LogP contribution in [0.3, 0.4) is 0 Å². The van der Waals surface area contributed by atoms with Crippen molar-refractivity contribution in [3.05, 3.63) is 59.7 Å². The van der Waals surface area contributed by atoms with Crippen molar-refractivity contribution in [2.75, 3.05) is 20.8 Å². The average molecular weight is 313 g/mol. The van der Waals surface area contributed by atoms with Crippen LogP contribution < -0.4 is 14.8 Å². The molecule has 0 saturated carbocycles. The Labute approximate surface area is 135 Å². The second-order valence-corrected chi connectivity index (χ2v) is 4.93. The number of carbonyl (C=O) groups is 2. The number of amides is 1. The van der Waals surface area contributed by atoms with Crippen molar-refractivity contribution in [2.24, 2.45) is 0 Å². The number of ether oxygens (including phenoxy) is 2. The summed E-state index contributed by atoms with van der Waals surface area (Å²) >= 11 is 0. The molecule has 2 aromatic carbocycles. The second kappa shape index (κ2) is 7.98. The largest absolute Gasteiger partial charge is 0.493 e. The molecule has 0 unspecified atom stereocenters. The molecule has 0 radical (unpaired) electrons. The van der Waals surface area contributed by atoms with Crippen molar-refractivity contribution in [2.45, 2.75) is 6.42 Å². The minimum Gasteiger partial charge on any atom is -0.493 e.